The Hall–Kier alpha value is -4.26. The molecule has 0 saturated heterocycles. The fourth-order valence-corrected chi connectivity index (χ4v) is 3.44. The van der Waals surface area contributed by atoms with Crippen LogP contribution in [0.3, 0.4) is 0 Å². The molecule has 3 amide bonds. The molecule has 160 valence electrons. The van der Waals surface area contributed by atoms with Crippen molar-refractivity contribution in [3.63, 3.8) is 0 Å². The van der Waals surface area contributed by atoms with E-state index in [4.69, 9.17) is 4.74 Å². The Morgan fingerprint density at radius 3 is 1.94 bits per heavy atom. The van der Waals surface area contributed by atoms with Gasteiger partial charge in [0.15, 0.2) is 0 Å². The molecule has 1 heterocycles. The summed E-state index contributed by atoms with van der Waals surface area (Å²) in [5, 5.41) is 2.51. The molecule has 1 aliphatic heterocycles. The molecule has 0 radical (unpaired) electrons. The van der Waals surface area contributed by atoms with E-state index in [0.29, 0.717) is 16.7 Å². The van der Waals surface area contributed by atoms with E-state index in [-0.39, 0.29) is 19.7 Å². The first-order chi connectivity index (χ1) is 15.5. The summed E-state index contributed by atoms with van der Waals surface area (Å²) in [7, 11) is 0. The van der Waals surface area contributed by atoms with Gasteiger partial charge in [-0.05, 0) is 35.4 Å². The topological polar surface area (TPSA) is 92.8 Å². The summed E-state index contributed by atoms with van der Waals surface area (Å²) in [6.07, 6.45) is 0. The lowest BCUT2D eigenvalue weighted by atomic mass is 10.0. The molecule has 32 heavy (non-hydrogen) atoms. The number of benzene rings is 3. The minimum absolute atomic E-state index is 0.0486. The maximum atomic E-state index is 12.3. The van der Waals surface area contributed by atoms with E-state index in [0.717, 1.165) is 16.0 Å². The first-order valence-corrected chi connectivity index (χ1v) is 10.1. The quantitative estimate of drug-likeness (QED) is 0.461. The number of nitrogens with one attached hydrogen (secondary N) is 1. The summed E-state index contributed by atoms with van der Waals surface area (Å²) in [6, 6.07) is 23.4. The Labute approximate surface area is 184 Å². The van der Waals surface area contributed by atoms with Crippen LogP contribution in [0.5, 0.6) is 0 Å². The van der Waals surface area contributed by atoms with Gasteiger partial charge in [-0.15, -0.1) is 0 Å². The smallest absolute Gasteiger partial charge is 0.325 e. The molecule has 0 fully saturated rings. The Morgan fingerprint density at radius 1 is 0.750 bits per heavy atom. The molecule has 3 aromatic carbocycles. The number of amides is 3. The van der Waals surface area contributed by atoms with Gasteiger partial charge in [0.25, 0.3) is 17.7 Å². The SMILES string of the molecule is O=C(CNC(=O)c1ccc(-c2ccccc2)cc1)OCCN1C(=O)c2ccccc2C1=O. The molecule has 3 aromatic rings. The third kappa shape index (κ3) is 4.41. The van der Waals surface area contributed by atoms with Gasteiger partial charge in [0.05, 0.1) is 17.7 Å². The molecule has 0 aliphatic carbocycles. The maximum absolute atomic E-state index is 12.3. The van der Waals surface area contributed by atoms with Crippen molar-refractivity contribution >= 4 is 23.7 Å². The second-order valence-electron chi connectivity index (χ2n) is 7.15. The zero-order valence-corrected chi connectivity index (χ0v) is 17.1. The molecule has 0 bridgehead atoms. The molecule has 7 heteroatoms. The molecular formula is C25H20N2O5. The largest absolute Gasteiger partial charge is 0.462 e. The normalized spacial score (nSPS) is 12.4. The van der Waals surface area contributed by atoms with Crippen molar-refractivity contribution in [3.05, 3.63) is 95.6 Å². The zero-order chi connectivity index (χ0) is 22.5. The van der Waals surface area contributed by atoms with Crippen LogP contribution in [0.1, 0.15) is 31.1 Å². The van der Waals surface area contributed by atoms with Gasteiger partial charge < -0.3 is 10.1 Å². The van der Waals surface area contributed by atoms with Crippen LogP contribution in [-0.4, -0.2) is 48.3 Å². The highest BCUT2D eigenvalue weighted by molar-refractivity contribution is 6.21. The number of carbonyl (C=O) groups is 4. The van der Waals surface area contributed by atoms with Gasteiger partial charge in [-0.25, -0.2) is 0 Å². The Balaban J connectivity index is 1.23. The fourth-order valence-electron chi connectivity index (χ4n) is 3.44. The number of hydrogen-bond donors (Lipinski definition) is 1. The van der Waals surface area contributed by atoms with Crippen LogP contribution in [0.15, 0.2) is 78.9 Å². The van der Waals surface area contributed by atoms with Crippen molar-refractivity contribution < 1.29 is 23.9 Å². The Bertz CT molecular complexity index is 1140. The van der Waals surface area contributed by atoms with Crippen molar-refractivity contribution in [1.82, 2.24) is 10.2 Å². The van der Waals surface area contributed by atoms with Crippen molar-refractivity contribution in [2.45, 2.75) is 0 Å². The van der Waals surface area contributed by atoms with Crippen LogP contribution >= 0.6 is 0 Å². The van der Waals surface area contributed by atoms with E-state index in [2.05, 4.69) is 5.32 Å². The van der Waals surface area contributed by atoms with Gasteiger partial charge in [-0.2, -0.15) is 0 Å². The number of imide groups is 1. The summed E-state index contributed by atoms with van der Waals surface area (Å²) in [5.41, 5.74) is 3.13. The molecule has 1 N–H and O–H groups in total. The summed E-state index contributed by atoms with van der Waals surface area (Å²) >= 11 is 0. The van der Waals surface area contributed by atoms with Crippen molar-refractivity contribution in [2.75, 3.05) is 19.7 Å². The summed E-state index contributed by atoms with van der Waals surface area (Å²) in [5.74, 6) is -1.87. The molecule has 0 atom stereocenters. The first kappa shape index (κ1) is 21.0. The average Bonchev–Trinajstić information content (AvgIpc) is 3.08. The van der Waals surface area contributed by atoms with Crippen molar-refractivity contribution in [3.8, 4) is 11.1 Å². The number of hydrogen-bond acceptors (Lipinski definition) is 5. The van der Waals surface area contributed by atoms with Crippen LogP contribution in [-0.2, 0) is 9.53 Å². The van der Waals surface area contributed by atoms with Crippen LogP contribution in [0.2, 0.25) is 0 Å². The van der Waals surface area contributed by atoms with Crippen molar-refractivity contribution in [1.29, 1.82) is 0 Å². The van der Waals surface area contributed by atoms with Gasteiger partial charge in [-0.3, -0.25) is 24.1 Å². The third-order valence-electron chi connectivity index (χ3n) is 5.10. The highest BCUT2D eigenvalue weighted by atomic mass is 16.5. The van der Waals surface area contributed by atoms with Crippen molar-refractivity contribution in [2.24, 2.45) is 0 Å². The predicted molar refractivity (Wildman–Crippen MR) is 117 cm³/mol. The molecule has 4 rings (SSSR count). The summed E-state index contributed by atoms with van der Waals surface area (Å²) < 4.78 is 5.06. The van der Waals surface area contributed by atoms with Gasteiger partial charge in [-0.1, -0.05) is 54.6 Å². The van der Waals surface area contributed by atoms with E-state index >= 15 is 0 Å². The number of carbonyl (C=O) groups excluding carboxylic acids is 4. The first-order valence-electron chi connectivity index (χ1n) is 10.1. The minimum atomic E-state index is -0.657. The van der Waals surface area contributed by atoms with Crippen LogP contribution in [0.25, 0.3) is 11.1 Å². The molecule has 0 unspecified atom stereocenters. The maximum Gasteiger partial charge on any atom is 0.325 e. The Kier molecular flexibility index (Phi) is 6.07. The highest BCUT2D eigenvalue weighted by Crippen LogP contribution is 2.22. The molecule has 0 spiro atoms. The van der Waals surface area contributed by atoms with Crippen LogP contribution in [0.4, 0.5) is 0 Å². The second kappa shape index (κ2) is 9.26. The average molecular weight is 428 g/mol. The monoisotopic (exact) mass is 428 g/mol. The summed E-state index contributed by atoms with van der Waals surface area (Å²) in [4.78, 5) is 49.8. The molecule has 1 aliphatic rings. The Morgan fingerprint density at radius 2 is 1.31 bits per heavy atom. The molecule has 0 aromatic heterocycles. The number of rotatable bonds is 7. The van der Waals surface area contributed by atoms with Gasteiger partial charge >= 0.3 is 5.97 Å². The minimum Gasteiger partial charge on any atom is -0.462 e. The molecule has 7 nitrogen and oxygen atoms in total. The lowest BCUT2D eigenvalue weighted by Gasteiger charge is -2.14. The fraction of sp³-hybridized carbons (Fsp3) is 0.120. The predicted octanol–water partition coefficient (Wildman–Crippen LogP) is 2.92. The van der Waals surface area contributed by atoms with Crippen LogP contribution in [0, 0.1) is 0 Å². The van der Waals surface area contributed by atoms with E-state index in [1.54, 1.807) is 36.4 Å². The van der Waals surface area contributed by atoms with E-state index < -0.39 is 23.7 Å². The number of nitrogens with zero attached hydrogens (tertiary/aromatic N) is 1. The number of esters is 1. The second-order valence-corrected chi connectivity index (χ2v) is 7.15. The zero-order valence-electron chi connectivity index (χ0n) is 17.1. The lowest BCUT2D eigenvalue weighted by Crippen LogP contribution is -2.35. The summed E-state index contributed by atoms with van der Waals surface area (Å²) in [6.45, 7) is -0.514. The molecular weight excluding hydrogens is 408 g/mol. The van der Waals surface area contributed by atoms with Gasteiger partial charge in [0, 0.05) is 5.56 Å². The lowest BCUT2D eigenvalue weighted by molar-refractivity contribution is -0.142. The molecule has 0 saturated carbocycles. The third-order valence-corrected chi connectivity index (χ3v) is 5.10. The van der Waals surface area contributed by atoms with E-state index in [1.807, 2.05) is 42.5 Å². The van der Waals surface area contributed by atoms with E-state index in [1.165, 1.54) is 0 Å². The van der Waals surface area contributed by atoms with Gasteiger partial charge in [0.2, 0.25) is 0 Å². The number of fused-ring (bicyclic) bond motifs is 1. The standard InChI is InChI=1S/C25H20N2O5/c28-22(32-15-14-27-24(30)20-8-4-5-9-21(20)25(27)31)16-26-23(29)19-12-10-18(11-13-19)17-6-2-1-3-7-17/h1-13H,14-16H2,(H,26,29). The highest BCUT2D eigenvalue weighted by Gasteiger charge is 2.34. The van der Waals surface area contributed by atoms with Gasteiger partial charge in [0.1, 0.15) is 13.2 Å². The number of ether oxygens (including phenoxy) is 1. The van der Waals surface area contributed by atoms with E-state index in [9.17, 15) is 19.2 Å². The van der Waals surface area contributed by atoms with Crippen LogP contribution < -0.4 is 5.32 Å².